The maximum atomic E-state index is 6.45. The summed E-state index contributed by atoms with van der Waals surface area (Å²) < 4.78 is 0. The van der Waals surface area contributed by atoms with Crippen molar-refractivity contribution in [3.63, 3.8) is 0 Å². The van der Waals surface area contributed by atoms with Crippen molar-refractivity contribution in [3.8, 4) is 0 Å². The van der Waals surface area contributed by atoms with Crippen molar-refractivity contribution in [2.24, 2.45) is 11.8 Å². The number of thioether (sulfide) groups is 1. The van der Waals surface area contributed by atoms with Gasteiger partial charge >= 0.3 is 0 Å². The summed E-state index contributed by atoms with van der Waals surface area (Å²) in [6.45, 7) is 4.55. The van der Waals surface area contributed by atoms with Crippen molar-refractivity contribution in [3.05, 3.63) is 0 Å². The summed E-state index contributed by atoms with van der Waals surface area (Å²) in [5.74, 6) is 4.37. The van der Waals surface area contributed by atoms with Crippen LogP contribution >= 0.6 is 23.4 Å². The highest BCUT2D eigenvalue weighted by molar-refractivity contribution is 7.99. The number of hydrogen-bond donors (Lipinski definition) is 0. The topological polar surface area (TPSA) is 0 Å². The zero-order valence-corrected chi connectivity index (χ0v) is 12.5. The summed E-state index contributed by atoms with van der Waals surface area (Å²) in [4.78, 5) is 0. The molecule has 1 rings (SSSR count). The lowest BCUT2D eigenvalue weighted by Gasteiger charge is -2.33. The molecule has 1 fully saturated rings. The fourth-order valence-corrected chi connectivity index (χ4v) is 3.90. The van der Waals surface area contributed by atoms with Crippen LogP contribution in [0.4, 0.5) is 0 Å². The van der Waals surface area contributed by atoms with Crippen molar-refractivity contribution in [1.29, 1.82) is 0 Å². The largest absolute Gasteiger partial charge is 0.162 e. The van der Waals surface area contributed by atoms with Gasteiger partial charge in [-0.3, -0.25) is 0 Å². The first-order chi connectivity index (χ1) is 7.77. The van der Waals surface area contributed by atoms with Gasteiger partial charge in [-0.15, -0.1) is 11.6 Å². The third kappa shape index (κ3) is 5.31. The van der Waals surface area contributed by atoms with Gasteiger partial charge in [0.15, 0.2) is 0 Å². The molecule has 1 aliphatic rings. The highest BCUT2D eigenvalue weighted by Crippen LogP contribution is 2.37. The van der Waals surface area contributed by atoms with Crippen LogP contribution in [0.1, 0.15) is 58.8 Å². The number of rotatable bonds is 7. The average molecular weight is 263 g/mol. The summed E-state index contributed by atoms with van der Waals surface area (Å²) in [5.41, 5.74) is 0. The third-order valence-corrected chi connectivity index (χ3v) is 5.32. The zero-order chi connectivity index (χ0) is 11.8. The highest BCUT2D eigenvalue weighted by Gasteiger charge is 2.28. The van der Waals surface area contributed by atoms with Gasteiger partial charge in [0.1, 0.15) is 0 Å². The van der Waals surface area contributed by atoms with Gasteiger partial charge in [-0.25, -0.2) is 0 Å². The van der Waals surface area contributed by atoms with E-state index in [2.05, 4.69) is 25.6 Å². The molecule has 0 bridgehead atoms. The number of alkyl halides is 1. The number of halogens is 1. The quantitative estimate of drug-likeness (QED) is 0.441. The van der Waals surface area contributed by atoms with Crippen LogP contribution in [-0.4, -0.2) is 16.9 Å². The van der Waals surface area contributed by atoms with Crippen LogP contribution < -0.4 is 0 Å². The third-order valence-electron chi connectivity index (χ3n) is 3.76. The predicted molar refractivity (Wildman–Crippen MR) is 77.6 cm³/mol. The summed E-state index contributed by atoms with van der Waals surface area (Å²) >= 11 is 8.52. The van der Waals surface area contributed by atoms with E-state index in [1.54, 1.807) is 0 Å². The van der Waals surface area contributed by atoms with E-state index < -0.39 is 0 Å². The summed E-state index contributed by atoms with van der Waals surface area (Å²) in [6.07, 6.45) is 9.53. The lowest BCUT2D eigenvalue weighted by Crippen LogP contribution is -2.25. The van der Waals surface area contributed by atoms with E-state index in [1.807, 2.05) is 0 Å². The molecule has 16 heavy (non-hydrogen) atoms. The second-order valence-corrected chi connectivity index (χ2v) is 7.04. The molecule has 0 radical (unpaired) electrons. The van der Waals surface area contributed by atoms with Gasteiger partial charge in [-0.2, -0.15) is 11.8 Å². The minimum absolute atomic E-state index is 0.472. The Morgan fingerprint density at radius 3 is 2.69 bits per heavy atom. The van der Waals surface area contributed by atoms with Crippen molar-refractivity contribution < 1.29 is 0 Å². The fraction of sp³-hybridized carbons (Fsp3) is 1.00. The summed E-state index contributed by atoms with van der Waals surface area (Å²) in [6, 6.07) is 0. The Kier molecular flexibility index (Phi) is 7.98. The zero-order valence-electron chi connectivity index (χ0n) is 10.9. The van der Waals surface area contributed by atoms with E-state index in [9.17, 15) is 0 Å². The molecule has 0 spiro atoms. The van der Waals surface area contributed by atoms with Gasteiger partial charge in [-0.1, -0.05) is 26.7 Å². The fourth-order valence-electron chi connectivity index (χ4n) is 2.89. The SMILES string of the molecule is CCCC1CCC(Cl)C(CCCSCC)C1. The molecule has 96 valence electrons. The minimum atomic E-state index is 0.472. The molecule has 0 aliphatic heterocycles. The van der Waals surface area contributed by atoms with Crippen molar-refractivity contribution in [2.45, 2.75) is 64.2 Å². The van der Waals surface area contributed by atoms with E-state index in [1.165, 1.54) is 56.5 Å². The molecule has 0 N–H and O–H groups in total. The van der Waals surface area contributed by atoms with Crippen LogP contribution in [0, 0.1) is 11.8 Å². The number of hydrogen-bond acceptors (Lipinski definition) is 1. The second-order valence-electron chi connectivity index (χ2n) is 5.08. The molecule has 1 saturated carbocycles. The monoisotopic (exact) mass is 262 g/mol. The molecule has 0 aromatic heterocycles. The molecule has 0 heterocycles. The first-order valence-electron chi connectivity index (χ1n) is 6.99. The van der Waals surface area contributed by atoms with Crippen LogP contribution in [0.3, 0.4) is 0 Å². The van der Waals surface area contributed by atoms with E-state index in [-0.39, 0.29) is 0 Å². The molecule has 3 atom stereocenters. The molecule has 3 unspecified atom stereocenters. The standard InChI is InChI=1S/C14H27ClS/c1-3-6-12-8-9-14(15)13(11-12)7-5-10-16-4-2/h12-14H,3-11H2,1-2H3. The maximum absolute atomic E-state index is 6.45. The van der Waals surface area contributed by atoms with E-state index in [4.69, 9.17) is 11.6 Å². The molecular weight excluding hydrogens is 236 g/mol. The van der Waals surface area contributed by atoms with E-state index in [0.717, 1.165) is 11.8 Å². The smallest absolute Gasteiger partial charge is 0.0364 e. The summed E-state index contributed by atoms with van der Waals surface area (Å²) in [5, 5.41) is 0.472. The normalized spacial score (nSPS) is 30.6. The molecule has 1 aliphatic carbocycles. The molecule has 0 nitrogen and oxygen atoms in total. The predicted octanol–water partition coefficient (Wildman–Crippen LogP) is 5.34. The van der Waals surface area contributed by atoms with E-state index >= 15 is 0 Å². The molecule has 2 heteroatoms. The van der Waals surface area contributed by atoms with Crippen LogP contribution in [0.5, 0.6) is 0 Å². The van der Waals surface area contributed by atoms with Gasteiger partial charge in [0.2, 0.25) is 0 Å². The van der Waals surface area contributed by atoms with Crippen molar-refractivity contribution in [1.82, 2.24) is 0 Å². The van der Waals surface area contributed by atoms with Gasteiger partial charge < -0.3 is 0 Å². The Morgan fingerprint density at radius 2 is 2.00 bits per heavy atom. The molecule has 0 aromatic rings. The Morgan fingerprint density at radius 1 is 1.19 bits per heavy atom. The minimum Gasteiger partial charge on any atom is -0.162 e. The first-order valence-corrected chi connectivity index (χ1v) is 8.58. The summed E-state index contributed by atoms with van der Waals surface area (Å²) in [7, 11) is 0. The highest BCUT2D eigenvalue weighted by atomic mass is 35.5. The van der Waals surface area contributed by atoms with Crippen LogP contribution in [-0.2, 0) is 0 Å². The molecule has 0 saturated heterocycles. The van der Waals surface area contributed by atoms with E-state index in [0.29, 0.717) is 5.38 Å². The Bertz CT molecular complexity index is 172. The van der Waals surface area contributed by atoms with Crippen molar-refractivity contribution >= 4 is 23.4 Å². The Labute approximate surface area is 111 Å². The Balaban J connectivity index is 2.21. The van der Waals surface area contributed by atoms with Crippen LogP contribution in [0.25, 0.3) is 0 Å². The van der Waals surface area contributed by atoms with Gasteiger partial charge in [0, 0.05) is 5.38 Å². The lowest BCUT2D eigenvalue weighted by atomic mass is 9.77. The van der Waals surface area contributed by atoms with Crippen LogP contribution in [0.15, 0.2) is 0 Å². The molecule has 0 amide bonds. The second kappa shape index (κ2) is 8.69. The maximum Gasteiger partial charge on any atom is 0.0364 e. The average Bonchev–Trinajstić information content (AvgIpc) is 2.29. The van der Waals surface area contributed by atoms with Gasteiger partial charge in [0.05, 0.1) is 0 Å². The lowest BCUT2D eigenvalue weighted by molar-refractivity contribution is 0.247. The molecule has 0 aromatic carbocycles. The first kappa shape index (κ1) is 14.7. The molecular formula is C14H27ClS. The van der Waals surface area contributed by atoms with Crippen LogP contribution in [0.2, 0.25) is 0 Å². The van der Waals surface area contributed by atoms with Gasteiger partial charge in [-0.05, 0) is 55.4 Å². The Hall–Kier alpha value is 0.640. The van der Waals surface area contributed by atoms with Crippen molar-refractivity contribution in [2.75, 3.05) is 11.5 Å². The van der Waals surface area contributed by atoms with Gasteiger partial charge in [0.25, 0.3) is 0 Å².